The maximum Gasteiger partial charge on any atom is 0.0240 e. The quantitative estimate of drug-likeness (QED) is 0.934. The molecule has 2 aromatic rings. The second-order valence-electron chi connectivity index (χ2n) is 6.19. The zero-order valence-electron chi connectivity index (χ0n) is 12.8. The zero-order chi connectivity index (χ0) is 14.7. The standard InChI is InChI=1S/C19H24N2/c1-15(20)10-11-21-13-18-8-4-2-6-16(18)12-17-7-3-5-9-19(17)14-21/h2-9,15H,10-14,20H2,1H3. The van der Waals surface area contributed by atoms with E-state index in [9.17, 15) is 0 Å². The van der Waals surface area contributed by atoms with Crippen molar-refractivity contribution in [2.75, 3.05) is 6.54 Å². The minimum Gasteiger partial charge on any atom is -0.328 e. The molecule has 2 aromatic carbocycles. The first-order chi connectivity index (χ1) is 10.2. The Morgan fingerprint density at radius 1 is 0.905 bits per heavy atom. The van der Waals surface area contributed by atoms with Crippen LogP contribution in [0.5, 0.6) is 0 Å². The van der Waals surface area contributed by atoms with Gasteiger partial charge in [0.15, 0.2) is 0 Å². The molecule has 2 N–H and O–H groups in total. The highest BCUT2D eigenvalue weighted by molar-refractivity contribution is 5.38. The molecule has 110 valence electrons. The summed E-state index contributed by atoms with van der Waals surface area (Å²) in [6, 6.07) is 17.9. The largest absolute Gasteiger partial charge is 0.328 e. The molecular weight excluding hydrogens is 256 g/mol. The van der Waals surface area contributed by atoms with Crippen LogP contribution < -0.4 is 5.73 Å². The number of nitrogens with zero attached hydrogens (tertiary/aromatic N) is 1. The molecule has 0 fully saturated rings. The highest BCUT2D eigenvalue weighted by atomic mass is 15.1. The van der Waals surface area contributed by atoms with Crippen molar-refractivity contribution in [3.05, 3.63) is 70.8 Å². The lowest BCUT2D eigenvalue weighted by Gasteiger charge is -2.28. The molecule has 3 rings (SSSR count). The monoisotopic (exact) mass is 280 g/mol. The van der Waals surface area contributed by atoms with Gasteiger partial charge in [-0.25, -0.2) is 0 Å². The van der Waals surface area contributed by atoms with Crippen molar-refractivity contribution in [2.45, 2.75) is 38.9 Å². The SMILES string of the molecule is CC(N)CCN1Cc2ccccc2Cc2ccccc2C1. The molecule has 1 aliphatic heterocycles. The van der Waals surface area contributed by atoms with Crippen LogP contribution in [0.15, 0.2) is 48.5 Å². The first kappa shape index (κ1) is 14.3. The van der Waals surface area contributed by atoms with Crippen LogP contribution in [-0.4, -0.2) is 17.5 Å². The van der Waals surface area contributed by atoms with E-state index in [1.54, 1.807) is 0 Å². The van der Waals surface area contributed by atoms with E-state index in [1.165, 1.54) is 22.3 Å². The predicted molar refractivity (Wildman–Crippen MR) is 88.1 cm³/mol. The topological polar surface area (TPSA) is 29.3 Å². The second-order valence-corrected chi connectivity index (χ2v) is 6.19. The maximum atomic E-state index is 5.94. The molecule has 0 amide bonds. The average Bonchev–Trinajstić information content (AvgIpc) is 2.46. The van der Waals surface area contributed by atoms with E-state index in [4.69, 9.17) is 5.73 Å². The van der Waals surface area contributed by atoms with E-state index in [2.05, 4.69) is 60.4 Å². The number of rotatable bonds is 3. The molecule has 1 heterocycles. The molecule has 0 aromatic heterocycles. The number of fused-ring (bicyclic) bond motifs is 2. The third kappa shape index (κ3) is 3.52. The number of hydrogen-bond acceptors (Lipinski definition) is 2. The van der Waals surface area contributed by atoms with Crippen LogP contribution in [0, 0.1) is 0 Å². The van der Waals surface area contributed by atoms with Gasteiger partial charge in [-0.2, -0.15) is 0 Å². The van der Waals surface area contributed by atoms with E-state index in [-0.39, 0.29) is 6.04 Å². The number of nitrogens with two attached hydrogens (primary N) is 1. The van der Waals surface area contributed by atoms with Crippen LogP contribution >= 0.6 is 0 Å². The minimum absolute atomic E-state index is 0.265. The van der Waals surface area contributed by atoms with E-state index in [0.717, 1.165) is 32.5 Å². The summed E-state index contributed by atoms with van der Waals surface area (Å²) in [5.74, 6) is 0. The molecule has 1 atom stereocenters. The molecule has 0 bridgehead atoms. The first-order valence-corrected chi connectivity index (χ1v) is 7.84. The van der Waals surface area contributed by atoms with Gasteiger partial charge < -0.3 is 5.73 Å². The van der Waals surface area contributed by atoms with Crippen LogP contribution in [0.2, 0.25) is 0 Å². The van der Waals surface area contributed by atoms with Crippen molar-refractivity contribution >= 4 is 0 Å². The van der Waals surface area contributed by atoms with Gasteiger partial charge in [0.25, 0.3) is 0 Å². The van der Waals surface area contributed by atoms with Gasteiger partial charge in [-0.3, -0.25) is 4.90 Å². The Kier molecular flexibility index (Phi) is 4.37. The number of hydrogen-bond donors (Lipinski definition) is 1. The maximum absolute atomic E-state index is 5.94. The van der Waals surface area contributed by atoms with E-state index < -0.39 is 0 Å². The van der Waals surface area contributed by atoms with Crippen LogP contribution in [0.1, 0.15) is 35.6 Å². The van der Waals surface area contributed by atoms with Gasteiger partial charge in [0, 0.05) is 25.7 Å². The Hall–Kier alpha value is -1.64. The van der Waals surface area contributed by atoms with Gasteiger partial charge in [0.2, 0.25) is 0 Å². The Morgan fingerprint density at radius 2 is 1.38 bits per heavy atom. The van der Waals surface area contributed by atoms with Crippen molar-refractivity contribution in [1.29, 1.82) is 0 Å². The Bertz CT molecular complexity index is 557. The van der Waals surface area contributed by atoms with Crippen LogP contribution in [0.25, 0.3) is 0 Å². The van der Waals surface area contributed by atoms with Crippen molar-refractivity contribution in [2.24, 2.45) is 5.73 Å². The third-order valence-corrected chi connectivity index (χ3v) is 4.31. The smallest absolute Gasteiger partial charge is 0.0240 e. The lowest BCUT2D eigenvalue weighted by atomic mass is 9.93. The van der Waals surface area contributed by atoms with Crippen molar-refractivity contribution in [3.8, 4) is 0 Å². The average molecular weight is 280 g/mol. The molecule has 0 saturated carbocycles. The van der Waals surface area contributed by atoms with Gasteiger partial charge in [-0.1, -0.05) is 48.5 Å². The summed E-state index contributed by atoms with van der Waals surface area (Å²) in [4.78, 5) is 2.53. The normalized spacial score (nSPS) is 16.5. The van der Waals surface area contributed by atoms with Gasteiger partial charge in [-0.05, 0) is 42.0 Å². The predicted octanol–water partition coefficient (Wildman–Crippen LogP) is 3.33. The molecule has 0 radical (unpaired) electrons. The van der Waals surface area contributed by atoms with Gasteiger partial charge >= 0.3 is 0 Å². The van der Waals surface area contributed by atoms with Crippen molar-refractivity contribution < 1.29 is 0 Å². The fourth-order valence-corrected chi connectivity index (χ4v) is 3.06. The second kappa shape index (κ2) is 6.42. The van der Waals surface area contributed by atoms with Gasteiger partial charge in [0.1, 0.15) is 0 Å². The highest BCUT2D eigenvalue weighted by Gasteiger charge is 2.16. The van der Waals surface area contributed by atoms with Crippen LogP contribution in [-0.2, 0) is 19.5 Å². The Balaban J connectivity index is 1.92. The Morgan fingerprint density at radius 3 is 1.86 bits per heavy atom. The third-order valence-electron chi connectivity index (χ3n) is 4.31. The van der Waals surface area contributed by atoms with Crippen LogP contribution in [0.4, 0.5) is 0 Å². The molecular formula is C19H24N2. The lowest BCUT2D eigenvalue weighted by Crippen LogP contribution is -2.30. The highest BCUT2D eigenvalue weighted by Crippen LogP contribution is 2.24. The van der Waals surface area contributed by atoms with Gasteiger partial charge in [-0.15, -0.1) is 0 Å². The molecule has 2 heteroatoms. The summed E-state index contributed by atoms with van der Waals surface area (Å²) in [5.41, 5.74) is 11.8. The molecule has 0 spiro atoms. The first-order valence-electron chi connectivity index (χ1n) is 7.84. The lowest BCUT2D eigenvalue weighted by molar-refractivity contribution is 0.245. The molecule has 1 aliphatic rings. The van der Waals surface area contributed by atoms with Gasteiger partial charge in [0.05, 0.1) is 0 Å². The molecule has 2 nitrogen and oxygen atoms in total. The summed E-state index contributed by atoms with van der Waals surface area (Å²) in [6.45, 7) is 5.20. The van der Waals surface area contributed by atoms with Crippen LogP contribution in [0.3, 0.4) is 0 Å². The zero-order valence-corrected chi connectivity index (χ0v) is 12.8. The summed E-state index contributed by atoms with van der Waals surface area (Å²) < 4.78 is 0. The van der Waals surface area contributed by atoms with Crippen molar-refractivity contribution in [1.82, 2.24) is 4.90 Å². The molecule has 1 unspecified atom stereocenters. The summed E-state index contributed by atoms with van der Waals surface area (Å²) >= 11 is 0. The van der Waals surface area contributed by atoms with E-state index in [1.807, 2.05) is 0 Å². The summed E-state index contributed by atoms with van der Waals surface area (Å²) in [7, 11) is 0. The summed E-state index contributed by atoms with van der Waals surface area (Å²) in [5, 5.41) is 0. The fourth-order valence-electron chi connectivity index (χ4n) is 3.06. The minimum atomic E-state index is 0.265. The number of benzene rings is 2. The van der Waals surface area contributed by atoms with Crippen molar-refractivity contribution in [3.63, 3.8) is 0 Å². The van der Waals surface area contributed by atoms with E-state index in [0.29, 0.717) is 0 Å². The summed E-state index contributed by atoms with van der Waals surface area (Å²) in [6.07, 6.45) is 2.10. The van der Waals surface area contributed by atoms with E-state index >= 15 is 0 Å². The molecule has 0 aliphatic carbocycles. The molecule has 21 heavy (non-hydrogen) atoms. The Labute approximate surface area is 127 Å². The fraction of sp³-hybridized carbons (Fsp3) is 0.368. The molecule has 0 saturated heterocycles.